The Balaban J connectivity index is 1.60. The first-order chi connectivity index (χ1) is 17.8. The van der Waals surface area contributed by atoms with Gasteiger partial charge in [-0.15, -0.1) is 10.2 Å². The topological polar surface area (TPSA) is 74.8 Å². The fourth-order valence-corrected chi connectivity index (χ4v) is 4.62. The predicted molar refractivity (Wildman–Crippen MR) is 139 cm³/mol. The maximum atomic E-state index is 14.5. The molecule has 0 aliphatic rings. The van der Waals surface area contributed by atoms with Gasteiger partial charge in [0.1, 0.15) is 5.92 Å². The van der Waals surface area contributed by atoms with Crippen molar-refractivity contribution in [2.24, 2.45) is 0 Å². The standard InChI is InChI=1S/C30H27N5O/c36-30(35(21-23-13-5-1-6-14-23)22-24-15-7-2-8-16-24)28(29-31-33-34-32-29)27(25-17-9-3-10-18-25)26-19-11-4-12-20-26/h1-20,27-28H,21-22H2,(H,31,32,33,34). The van der Waals surface area contributed by atoms with Gasteiger partial charge in [0, 0.05) is 19.0 Å². The molecule has 6 heteroatoms. The monoisotopic (exact) mass is 473 g/mol. The van der Waals surface area contributed by atoms with E-state index in [2.05, 4.69) is 44.9 Å². The van der Waals surface area contributed by atoms with Crippen LogP contribution in [-0.2, 0) is 17.9 Å². The molecule has 0 aliphatic heterocycles. The van der Waals surface area contributed by atoms with Crippen LogP contribution in [0.3, 0.4) is 0 Å². The lowest BCUT2D eigenvalue weighted by Crippen LogP contribution is -2.37. The Bertz CT molecular complexity index is 1260. The second-order valence-electron chi connectivity index (χ2n) is 8.71. The number of aromatic amines is 1. The van der Waals surface area contributed by atoms with Gasteiger partial charge in [-0.3, -0.25) is 4.79 Å². The van der Waals surface area contributed by atoms with E-state index in [0.717, 1.165) is 22.3 Å². The maximum absolute atomic E-state index is 14.5. The zero-order valence-corrected chi connectivity index (χ0v) is 19.8. The molecule has 178 valence electrons. The highest BCUT2D eigenvalue weighted by atomic mass is 16.2. The lowest BCUT2D eigenvalue weighted by Gasteiger charge is -2.31. The van der Waals surface area contributed by atoms with Crippen LogP contribution in [0, 0.1) is 0 Å². The number of nitrogens with zero attached hydrogens (tertiary/aromatic N) is 4. The molecule has 0 fully saturated rings. The van der Waals surface area contributed by atoms with Crippen LogP contribution in [0.25, 0.3) is 0 Å². The Morgan fingerprint density at radius 3 is 1.53 bits per heavy atom. The molecule has 1 heterocycles. The summed E-state index contributed by atoms with van der Waals surface area (Å²) in [6.45, 7) is 0.943. The molecular formula is C30H27N5O. The van der Waals surface area contributed by atoms with Gasteiger partial charge in [-0.25, -0.2) is 0 Å². The van der Waals surface area contributed by atoms with Crippen LogP contribution in [0.5, 0.6) is 0 Å². The summed E-state index contributed by atoms with van der Waals surface area (Å²) >= 11 is 0. The zero-order chi connectivity index (χ0) is 24.6. The molecule has 6 nitrogen and oxygen atoms in total. The SMILES string of the molecule is O=C(C(c1nn[nH]n1)C(c1ccccc1)c1ccccc1)N(Cc1ccccc1)Cc1ccccc1. The molecule has 5 rings (SSSR count). The Labute approximate surface area is 210 Å². The van der Waals surface area contributed by atoms with Crippen LogP contribution < -0.4 is 0 Å². The number of carbonyl (C=O) groups excluding carboxylic acids is 1. The Morgan fingerprint density at radius 2 is 1.11 bits per heavy atom. The van der Waals surface area contributed by atoms with Gasteiger partial charge in [0.15, 0.2) is 5.82 Å². The molecule has 0 aliphatic carbocycles. The summed E-state index contributed by atoms with van der Waals surface area (Å²) in [5.74, 6) is -0.627. The first kappa shape index (κ1) is 23.2. The van der Waals surface area contributed by atoms with E-state index in [9.17, 15) is 4.79 Å². The van der Waals surface area contributed by atoms with Gasteiger partial charge in [-0.05, 0) is 22.3 Å². The van der Waals surface area contributed by atoms with Crippen molar-refractivity contribution in [3.63, 3.8) is 0 Å². The number of tetrazole rings is 1. The second-order valence-corrected chi connectivity index (χ2v) is 8.71. The van der Waals surface area contributed by atoms with Crippen LogP contribution in [-0.4, -0.2) is 31.4 Å². The number of amides is 1. The Hall–Kier alpha value is -4.58. The molecule has 0 saturated carbocycles. The maximum Gasteiger partial charge on any atom is 0.235 e. The fraction of sp³-hybridized carbons (Fsp3) is 0.133. The number of rotatable bonds is 9. The van der Waals surface area contributed by atoms with Crippen molar-refractivity contribution in [2.75, 3.05) is 0 Å². The van der Waals surface area contributed by atoms with E-state index in [1.54, 1.807) is 0 Å². The van der Waals surface area contributed by atoms with Crippen molar-refractivity contribution in [1.29, 1.82) is 0 Å². The van der Waals surface area contributed by atoms with E-state index in [1.165, 1.54) is 0 Å². The number of hydrogen-bond acceptors (Lipinski definition) is 4. The number of carbonyl (C=O) groups is 1. The van der Waals surface area contributed by atoms with E-state index in [4.69, 9.17) is 0 Å². The molecule has 1 atom stereocenters. The smallest absolute Gasteiger partial charge is 0.235 e. The highest BCUT2D eigenvalue weighted by molar-refractivity contribution is 5.85. The Morgan fingerprint density at radius 1 is 0.667 bits per heavy atom. The van der Waals surface area contributed by atoms with Gasteiger partial charge in [0.25, 0.3) is 0 Å². The zero-order valence-electron chi connectivity index (χ0n) is 19.8. The molecule has 0 radical (unpaired) electrons. The van der Waals surface area contributed by atoms with Crippen molar-refractivity contribution in [3.05, 3.63) is 149 Å². The first-order valence-electron chi connectivity index (χ1n) is 12.0. The van der Waals surface area contributed by atoms with Gasteiger partial charge >= 0.3 is 0 Å². The van der Waals surface area contributed by atoms with Crippen LogP contribution in [0.4, 0.5) is 0 Å². The summed E-state index contributed by atoms with van der Waals surface area (Å²) in [4.78, 5) is 16.4. The van der Waals surface area contributed by atoms with Gasteiger partial charge in [0.05, 0.1) is 0 Å². The molecule has 0 spiro atoms. The number of aromatic nitrogens is 4. The van der Waals surface area contributed by atoms with Crippen molar-refractivity contribution < 1.29 is 4.79 Å². The summed E-state index contributed by atoms with van der Waals surface area (Å²) in [6.07, 6.45) is 0. The van der Waals surface area contributed by atoms with E-state index in [1.807, 2.05) is 102 Å². The summed E-state index contributed by atoms with van der Waals surface area (Å²) in [5, 5.41) is 15.0. The average molecular weight is 474 g/mol. The highest BCUT2D eigenvalue weighted by Crippen LogP contribution is 2.38. The largest absolute Gasteiger partial charge is 0.333 e. The van der Waals surface area contributed by atoms with Crippen LogP contribution in [0.2, 0.25) is 0 Å². The van der Waals surface area contributed by atoms with Crippen molar-refractivity contribution in [3.8, 4) is 0 Å². The van der Waals surface area contributed by atoms with Gasteiger partial charge in [-0.2, -0.15) is 5.21 Å². The molecule has 1 amide bonds. The van der Waals surface area contributed by atoms with E-state index in [0.29, 0.717) is 18.9 Å². The van der Waals surface area contributed by atoms with Gasteiger partial charge in [0.2, 0.25) is 5.91 Å². The lowest BCUT2D eigenvalue weighted by atomic mass is 9.79. The minimum absolute atomic E-state index is 0.0539. The van der Waals surface area contributed by atoms with Crippen LogP contribution >= 0.6 is 0 Å². The highest BCUT2D eigenvalue weighted by Gasteiger charge is 2.38. The van der Waals surface area contributed by atoms with Crippen LogP contribution in [0.15, 0.2) is 121 Å². The summed E-state index contributed by atoms with van der Waals surface area (Å²) in [6, 6.07) is 40.3. The normalized spacial score (nSPS) is 11.8. The quantitative estimate of drug-likeness (QED) is 0.313. The Kier molecular flexibility index (Phi) is 7.23. The third-order valence-corrected chi connectivity index (χ3v) is 6.30. The minimum atomic E-state index is -0.666. The van der Waals surface area contributed by atoms with Gasteiger partial charge in [-0.1, -0.05) is 127 Å². The van der Waals surface area contributed by atoms with Crippen molar-refractivity contribution in [1.82, 2.24) is 25.5 Å². The number of H-pyrrole nitrogens is 1. The summed E-state index contributed by atoms with van der Waals surface area (Å²) in [7, 11) is 0. The fourth-order valence-electron chi connectivity index (χ4n) is 4.62. The molecule has 5 aromatic rings. The molecule has 1 aromatic heterocycles. The van der Waals surface area contributed by atoms with E-state index < -0.39 is 5.92 Å². The number of nitrogens with one attached hydrogen (secondary N) is 1. The van der Waals surface area contributed by atoms with Crippen molar-refractivity contribution in [2.45, 2.75) is 24.9 Å². The molecular weight excluding hydrogens is 446 g/mol. The second kappa shape index (κ2) is 11.2. The first-order valence-corrected chi connectivity index (χ1v) is 12.0. The number of hydrogen-bond donors (Lipinski definition) is 1. The minimum Gasteiger partial charge on any atom is -0.333 e. The van der Waals surface area contributed by atoms with Gasteiger partial charge < -0.3 is 4.90 Å². The van der Waals surface area contributed by atoms with Crippen molar-refractivity contribution >= 4 is 5.91 Å². The molecule has 0 bridgehead atoms. The molecule has 4 aromatic carbocycles. The third-order valence-electron chi connectivity index (χ3n) is 6.30. The van der Waals surface area contributed by atoms with Crippen LogP contribution in [0.1, 0.15) is 39.9 Å². The molecule has 0 saturated heterocycles. The van der Waals surface area contributed by atoms with E-state index >= 15 is 0 Å². The lowest BCUT2D eigenvalue weighted by molar-refractivity contribution is -0.134. The molecule has 36 heavy (non-hydrogen) atoms. The average Bonchev–Trinajstić information content (AvgIpc) is 3.48. The number of benzene rings is 4. The predicted octanol–water partition coefficient (Wildman–Crippen LogP) is 5.34. The molecule has 1 unspecified atom stereocenters. The summed E-state index contributed by atoms with van der Waals surface area (Å²) < 4.78 is 0. The van der Waals surface area contributed by atoms with E-state index in [-0.39, 0.29) is 11.8 Å². The summed E-state index contributed by atoms with van der Waals surface area (Å²) in [5.41, 5.74) is 4.16. The third kappa shape index (κ3) is 5.39. The molecule has 1 N–H and O–H groups in total.